The molecule has 6 nitrogen and oxygen atoms in total. The van der Waals surface area contributed by atoms with Crippen molar-refractivity contribution in [3.05, 3.63) is 23.5 Å². The third-order valence-corrected chi connectivity index (χ3v) is 4.34. The van der Waals surface area contributed by atoms with Crippen molar-refractivity contribution in [3.63, 3.8) is 0 Å². The lowest BCUT2D eigenvalue weighted by molar-refractivity contribution is 0.0432. The fourth-order valence-electron chi connectivity index (χ4n) is 2.03. The Morgan fingerprint density at radius 1 is 1.46 bits per heavy atom. The first-order valence-corrected chi connectivity index (χ1v) is 8.77. The topological polar surface area (TPSA) is 60.2 Å². The highest BCUT2D eigenvalue weighted by molar-refractivity contribution is 7.13. The van der Waals surface area contributed by atoms with Crippen LogP contribution in [-0.4, -0.2) is 51.4 Å². The van der Waals surface area contributed by atoms with Crippen molar-refractivity contribution in [2.75, 3.05) is 19.6 Å². The van der Waals surface area contributed by atoms with Gasteiger partial charge in [-0.3, -0.25) is 9.58 Å². The molecule has 2 aromatic rings. The minimum absolute atomic E-state index is 0.302. The molecule has 0 aromatic carbocycles. The van der Waals surface area contributed by atoms with E-state index in [2.05, 4.69) is 40.7 Å². The van der Waals surface area contributed by atoms with E-state index in [9.17, 15) is 4.79 Å². The summed E-state index contributed by atoms with van der Waals surface area (Å²) in [7, 11) is 1.84. The van der Waals surface area contributed by atoms with Crippen LogP contribution < -0.4 is 0 Å². The molecule has 0 amide bonds. The summed E-state index contributed by atoms with van der Waals surface area (Å²) >= 11 is 1.39. The Labute approximate surface area is 146 Å². The SMILES string of the molecule is CCN(CC)CC#C[C@@H](C)OC(=O)c1csc(-c2cnn(C)c2)n1. The number of aromatic nitrogens is 3. The van der Waals surface area contributed by atoms with E-state index in [1.165, 1.54) is 11.3 Å². The summed E-state index contributed by atoms with van der Waals surface area (Å²) in [5, 5.41) is 6.54. The van der Waals surface area contributed by atoms with Crippen LogP contribution in [0.4, 0.5) is 0 Å². The summed E-state index contributed by atoms with van der Waals surface area (Å²) in [5.41, 5.74) is 1.19. The van der Waals surface area contributed by atoms with Crippen molar-refractivity contribution in [2.45, 2.75) is 26.9 Å². The summed E-state index contributed by atoms with van der Waals surface area (Å²) < 4.78 is 7.03. The molecule has 0 saturated heterocycles. The molecule has 0 aliphatic heterocycles. The number of nitrogens with zero attached hydrogens (tertiary/aromatic N) is 4. The van der Waals surface area contributed by atoms with Gasteiger partial charge in [0.2, 0.25) is 0 Å². The summed E-state index contributed by atoms with van der Waals surface area (Å²) in [6, 6.07) is 0. The smallest absolute Gasteiger partial charge is 0.359 e. The molecule has 0 fully saturated rings. The van der Waals surface area contributed by atoms with E-state index in [1.54, 1.807) is 23.2 Å². The maximum absolute atomic E-state index is 12.1. The summed E-state index contributed by atoms with van der Waals surface area (Å²) in [5.74, 6) is 5.55. The fourth-order valence-corrected chi connectivity index (χ4v) is 2.80. The lowest BCUT2D eigenvalue weighted by atomic mass is 10.3. The van der Waals surface area contributed by atoms with Crippen LogP contribution >= 0.6 is 11.3 Å². The van der Waals surface area contributed by atoms with Crippen molar-refractivity contribution in [1.82, 2.24) is 19.7 Å². The van der Waals surface area contributed by atoms with Gasteiger partial charge in [-0.05, 0) is 20.0 Å². The van der Waals surface area contributed by atoms with E-state index in [0.29, 0.717) is 12.2 Å². The van der Waals surface area contributed by atoms with Gasteiger partial charge in [0.15, 0.2) is 11.8 Å². The molecular weight excluding hydrogens is 324 g/mol. The van der Waals surface area contributed by atoms with Gasteiger partial charge in [-0.2, -0.15) is 5.10 Å². The molecule has 0 N–H and O–H groups in total. The van der Waals surface area contributed by atoms with Gasteiger partial charge < -0.3 is 4.74 Å². The highest BCUT2D eigenvalue weighted by Gasteiger charge is 2.15. The van der Waals surface area contributed by atoms with Crippen molar-refractivity contribution < 1.29 is 9.53 Å². The van der Waals surface area contributed by atoms with Crippen molar-refractivity contribution in [3.8, 4) is 22.4 Å². The summed E-state index contributed by atoms with van der Waals surface area (Å²) in [6.07, 6.45) is 3.11. The predicted molar refractivity (Wildman–Crippen MR) is 94.8 cm³/mol. The number of aryl methyl sites for hydroxylation is 1. The summed E-state index contributed by atoms with van der Waals surface area (Å²) in [4.78, 5) is 18.6. The van der Waals surface area contributed by atoms with Crippen LogP contribution in [0.5, 0.6) is 0 Å². The zero-order valence-corrected chi connectivity index (χ0v) is 15.3. The number of carbonyl (C=O) groups excluding carboxylic acids is 1. The molecule has 0 radical (unpaired) electrons. The second-order valence-electron chi connectivity index (χ2n) is 5.27. The molecule has 0 aliphatic rings. The fraction of sp³-hybridized carbons (Fsp3) is 0.471. The highest BCUT2D eigenvalue weighted by Crippen LogP contribution is 2.23. The molecule has 0 spiro atoms. The first-order chi connectivity index (χ1) is 11.5. The Morgan fingerprint density at radius 3 is 2.83 bits per heavy atom. The lowest BCUT2D eigenvalue weighted by Gasteiger charge is -2.13. The van der Waals surface area contributed by atoms with Gasteiger partial charge >= 0.3 is 5.97 Å². The van der Waals surface area contributed by atoms with Crippen LogP contribution in [0.1, 0.15) is 31.3 Å². The van der Waals surface area contributed by atoms with E-state index < -0.39 is 12.1 Å². The van der Waals surface area contributed by atoms with Crippen molar-refractivity contribution >= 4 is 17.3 Å². The second-order valence-corrected chi connectivity index (χ2v) is 6.13. The van der Waals surface area contributed by atoms with Gasteiger partial charge in [-0.1, -0.05) is 25.7 Å². The Hall–Kier alpha value is -2.17. The molecule has 0 unspecified atom stereocenters. The Kier molecular flexibility index (Phi) is 6.53. The number of carbonyl (C=O) groups is 1. The molecule has 24 heavy (non-hydrogen) atoms. The zero-order chi connectivity index (χ0) is 17.5. The molecule has 1 atom stereocenters. The lowest BCUT2D eigenvalue weighted by Crippen LogP contribution is -2.23. The van der Waals surface area contributed by atoms with Gasteiger partial charge in [0.25, 0.3) is 0 Å². The zero-order valence-electron chi connectivity index (χ0n) is 14.4. The number of esters is 1. The molecular formula is C17H22N4O2S. The average Bonchev–Trinajstić information content (AvgIpc) is 3.20. The first-order valence-electron chi connectivity index (χ1n) is 7.89. The quantitative estimate of drug-likeness (QED) is 0.594. The maximum atomic E-state index is 12.1. The first kappa shape index (κ1) is 18.2. The molecule has 2 aromatic heterocycles. The number of ether oxygens (including phenoxy) is 1. The van der Waals surface area contributed by atoms with E-state index in [1.807, 2.05) is 13.2 Å². The van der Waals surface area contributed by atoms with Crippen LogP contribution in [0.15, 0.2) is 17.8 Å². The van der Waals surface area contributed by atoms with E-state index in [4.69, 9.17) is 4.74 Å². The maximum Gasteiger partial charge on any atom is 0.359 e. The normalized spacial score (nSPS) is 11.9. The van der Waals surface area contributed by atoms with Crippen LogP contribution in [0.2, 0.25) is 0 Å². The van der Waals surface area contributed by atoms with Gasteiger partial charge in [0.1, 0.15) is 5.01 Å². The molecule has 128 valence electrons. The van der Waals surface area contributed by atoms with Crippen molar-refractivity contribution in [2.24, 2.45) is 7.05 Å². The number of thiazole rings is 1. The van der Waals surface area contributed by atoms with Gasteiger partial charge in [0.05, 0.1) is 12.7 Å². The van der Waals surface area contributed by atoms with Gasteiger partial charge in [-0.25, -0.2) is 9.78 Å². The molecule has 0 aliphatic carbocycles. The summed E-state index contributed by atoms with van der Waals surface area (Å²) in [6.45, 7) is 8.54. The molecule has 2 heterocycles. The third-order valence-electron chi connectivity index (χ3n) is 3.45. The van der Waals surface area contributed by atoms with E-state index in [0.717, 1.165) is 23.7 Å². The van der Waals surface area contributed by atoms with Crippen LogP contribution in [-0.2, 0) is 11.8 Å². The van der Waals surface area contributed by atoms with Crippen LogP contribution in [0, 0.1) is 11.8 Å². The Morgan fingerprint density at radius 2 is 2.21 bits per heavy atom. The molecule has 7 heteroatoms. The Balaban J connectivity index is 1.93. The van der Waals surface area contributed by atoms with E-state index in [-0.39, 0.29) is 0 Å². The number of hydrogen-bond donors (Lipinski definition) is 0. The molecule has 0 saturated carbocycles. The number of rotatable bonds is 6. The van der Waals surface area contributed by atoms with Crippen LogP contribution in [0.3, 0.4) is 0 Å². The highest BCUT2D eigenvalue weighted by atomic mass is 32.1. The standard InChI is InChI=1S/C17H22N4O2S/c1-5-21(6-2)9-7-8-13(3)23-17(22)15-12-24-16(19-15)14-10-18-20(4)11-14/h10-13H,5-6,9H2,1-4H3/t13-/m1/s1. The van der Waals surface area contributed by atoms with Gasteiger partial charge in [-0.15, -0.1) is 11.3 Å². The molecule has 2 rings (SSSR count). The minimum atomic E-state index is -0.461. The predicted octanol–water partition coefficient (Wildman–Crippen LogP) is 2.43. The van der Waals surface area contributed by atoms with Crippen molar-refractivity contribution in [1.29, 1.82) is 0 Å². The second kappa shape index (κ2) is 8.62. The van der Waals surface area contributed by atoms with Crippen LogP contribution in [0.25, 0.3) is 10.6 Å². The monoisotopic (exact) mass is 346 g/mol. The third kappa shape index (κ3) is 4.91. The number of hydrogen-bond acceptors (Lipinski definition) is 6. The Bertz CT molecular complexity index is 737. The van der Waals surface area contributed by atoms with Gasteiger partial charge in [0, 0.05) is 24.2 Å². The average molecular weight is 346 g/mol. The van der Waals surface area contributed by atoms with E-state index >= 15 is 0 Å². The largest absolute Gasteiger partial charge is 0.445 e. The molecule has 0 bridgehead atoms. The minimum Gasteiger partial charge on any atom is -0.445 e.